The van der Waals surface area contributed by atoms with E-state index in [-0.39, 0.29) is 23.2 Å². The summed E-state index contributed by atoms with van der Waals surface area (Å²) in [6, 6.07) is 3.06. The third kappa shape index (κ3) is 3.72. The molecule has 2 aromatic rings. The number of ketones is 1. The standard InChI is InChI=1S/C17H16ClF2N3O2/c18-15-12(20)2-1-11(19)14(15)16(24)9-7-13(22-8-9)17(25)23-10-3-5-21-6-4-10/h1-2,7-8,10,21-22H,3-6H2,(H,23,25). The molecule has 1 aromatic carbocycles. The molecule has 0 radical (unpaired) electrons. The van der Waals surface area contributed by atoms with Gasteiger partial charge in [-0.3, -0.25) is 9.59 Å². The predicted octanol–water partition coefficient (Wildman–Crippen LogP) is 2.66. The Bertz CT molecular complexity index is 816. The lowest BCUT2D eigenvalue weighted by Crippen LogP contribution is -2.42. The zero-order valence-corrected chi connectivity index (χ0v) is 13.9. The molecule has 132 valence electrons. The second-order valence-corrected chi connectivity index (χ2v) is 6.23. The lowest BCUT2D eigenvalue weighted by atomic mass is 10.0. The molecule has 1 saturated heterocycles. The summed E-state index contributed by atoms with van der Waals surface area (Å²) in [4.78, 5) is 27.3. The lowest BCUT2D eigenvalue weighted by Gasteiger charge is -2.23. The Morgan fingerprint density at radius 3 is 2.56 bits per heavy atom. The van der Waals surface area contributed by atoms with Crippen molar-refractivity contribution in [1.82, 2.24) is 15.6 Å². The summed E-state index contributed by atoms with van der Waals surface area (Å²) in [7, 11) is 0. The van der Waals surface area contributed by atoms with Gasteiger partial charge in [0.15, 0.2) is 5.78 Å². The zero-order chi connectivity index (χ0) is 18.0. The van der Waals surface area contributed by atoms with E-state index in [1.165, 1.54) is 12.3 Å². The van der Waals surface area contributed by atoms with Gasteiger partial charge in [-0.1, -0.05) is 11.6 Å². The maximum atomic E-state index is 13.9. The molecule has 3 N–H and O–H groups in total. The molecule has 3 rings (SSSR count). The van der Waals surface area contributed by atoms with E-state index in [0.717, 1.165) is 38.1 Å². The van der Waals surface area contributed by atoms with Crippen LogP contribution in [0.25, 0.3) is 0 Å². The van der Waals surface area contributed by atoms with E-state index >= 15 is 0 Å². The summed E-state index contributed by atoms with van der Waals surface area (Å²) in [5.41, 5.74) is -0.345. The summed E-state index contributed by atoms with van der Waals surface area (Å²) in [6.45, 7) is 1.66. The van der Waals surface area contributed by atoms with Crippen molar-refractivity contribution in [3.63, 3.8) is 0 Å². The van der Waals surface area contributed by atoms with Crippen LogP contribution >= 0.6 is 11.6 Å². The monoisotopic (exact) mass is 367 g/mol. The number of hydrogen-bond acceptors (Lipinski definition) is 3. The number of aromatic nitrogens is 1. The number of amides is 1. The average molecular weight is 368 g/mol. The molecule has 8 heteroatoms. The molecule has 1 aliphatic heterocycles. The first kappa shape index (κ1) is 17.6. The molecule has 25 heavy (non-hydrogen) atoms. The van der Waals surface area contributed by atoms with Crippen molar-refractivity contribution in [2.45, 2.75) is 18.9 Å². The van der Waals surface area contributed by atoms with E-state index in [2.05, 4.69) is 15.6 Å². The van der Waals surface area contributed by atoms with Gasteiger partial charge in [0.1, 0.15) is 17.3 Å². The molecule has 5 nitrogen and oxygen atoms in total. The Morgan fingerprint density at radius 1 is 1.16 bits per heavy atom. The number of benzene rings is 1. The van der Waals surface area contributed by atoms with Crippen LogP contribution in [0.4, 0.5) is 8.78 Å². The smallest absolute Gasteiger partial charge is 0.267 e. The summed E-state index contributed by atoms with van der Waals surface area (Å²) < 4.78 is 27.4. The van der Waals surface area contributed by atoms with Crippen LogP contribution in [0.2, 0.25) is 5.02 Å². The number of rotatable bonds is 4. The van der Waals surface area contributed by atoms with Crippen molar-refractivity contribution in [2.24, 2.45) is 0 Å². The second kappa shape index (κ2) is 7.33. The van der Waals surface area contributed by atoms with Crippen molar-refractivity contribution in [3.8, 4) is 0 Å². The highest BCUT2D eigenvalue weighted by atomic mass is 35.5. The Balaban J connectivity index is 1.78. The molecule has 0 spiro atoms. The van der Waals surface area contributed by atoms with Crippen LogP contribution < -0.4 is 10.6 Å². The first-order valence-corrected chi connectivity index (χ1v) is 8.23. The van der Waals surface area contributed by atoms with Gasteiger partial charge in [0.2, 0.25) is 0 Å². The summed E-state index contributed by atoms with van der Waals surface area (Å²) in [5, 5.41) is 5.50. The van der Waals surface area contributed by atoms with Crippen molar-refractivity contribution < 1.29 is 18.4 Å². The lowest BCUT2D eigenvalue weighted by molar-refractivity contribution is 0.0925. The van der Waals surface area contributed by atoms with Crippen LogP contribution in [0.15, 0.2) is 24.4 Å². The number of aromatic amines is 1. The third-order valence-electron chi connectivity index (χ3n) is 4.14. The predicted molar refractivity (Wildman–Crippen MR) is 89.0 cm³/mol. The van der Waals surface area contributed by atoms with E-state index in [0.29, 0.717) is 0 Å². The third-order valence-corrected chi connectivity index (χ3v) is 4.50. The van der Waals surface area contributed by atoms with Crippen LogP contribution in [-0.2, 0) is 0 Å². The van der Waals surface area contributed by atoms with Gasteiger partial charge in [0.25, 0.3) is 5.91 Å². The number of carbonyl (C=O) groups excluding carboxylic acids is 2. The van der Waals surface area contributed by atoms with Gasteiger partial charge >= 0.3 is 0 Å². The van der Waals surface area contributed by atoms with Gasteiger partial charge in [0.05, 0.1) is 10.6 Å². The minimum Gasteiger partial charge on any atom is -0.356 e. The Labute approximate surface area is 147 Å². The van der Waals surface area contributed by atoms with E-state index in [1.807, 2.05) is 0 Å². The second-order valence-electron chi connectivity index (χ2n) is 5.85. The number of halogens is 3. The van der Waals surface area contributed by atoms with Crippen molar-refractivity contribution in [1.29, 1.82) is 0 Å². The molecular formula is C17H16ClF2N3O2. The fourth-order valence-electron chi connectivity index (χ4n) is 2.77. The number of H-pyrrole nitrogens is 1. The normalized spacial score (nSPS) is 15.2. The Morgan fingerprint density at radius 2 is 1.84 bits per heavy atom. The van der Waals surface area contributed by atoms with Crippen LogP contribution in [-0.4, -0.2) is 35.8 Å². The molecule has 0 saturated carbocycles. The number of nitrogens with one attached hydrogen (secondary N) is 3. The highest BCUT2D eigenvalue weighted by molar-refractivity contribution is 6.35. The summed E-state index contributed by atoms with van der Waals surface area (Å²) in [5.74, 6) is -2.94. The molecule has 1 amide bonds. The van der Waals surface area contributed by atoms with Gasteiger partial charge in [0, 0.05) is 17.8 Å². The first-order chi connectivity index (χ1) is 12.0. The maximum Gasteiger partial charge on any atom is 0.267 e. The Hall–Kier alpha value is -2.25. The number of piperidine rings is 1. The molecule has 0 unspecified atom stereocenters. The molecule has 2 heterocycles. The quantitative estimate of drug-likeness (QED) is 0.574. The SMILES string of the molecule is O=C(NC1CCNCC1)c1cc(C(=O)c2c(F)ccc(F)c2Cl)c[nH]1. The fourth-order valence-corrected chi connectivity index (χ4v) is 3.00. The molecule has 1 aromatic heterocycles. The van der Waals surface area contributed by atoms with Crippen molar-refractivity contribution >= 4 is 23.3 Å². The van der Waals surface area contributed by atoms with E-state index < -0.39 is 28.0 Å². The molecule has 0 bridgehead atoms. The highest BCUT2D eigenvalue weighted by Gasteiger charge is 2.23. The van der Waals surface area contributed by atoms with Gasteiger partial charge in [-0.25, -0.2) is 8.78 Å². The van der Waals surface area contributed by atoms with Crippen molar-refractivity contribution in [2.75, 3.05) is 13.1 Å². The topological polar surface area (TPSA) is 74.0 Å². The summed E-state index contributed by atoms with van der Waals surface area (Å²) >= 11 is 5.71. The first-order valence-electron chi connectivity index (χ1n) is 7.85. The van der Waals surface area contributed by atoms with Crippen molar-refractivity contribution in [3.05, 3.63) is 57.9 Å². The van der Waals surface area contributed by atoms with Gasteiger partial charge in [-0.15, -0.1) is 0 Å². The minimum atomic E-state index is -0.918. The van der Waals surface area contributed by atoms with E-state index in [9.17, 15) is 18.4 Å². The fraction of sp³-hybridized carbons (Fsp3) is 0.294. The van der Waals surface area contributed by atoms with Crippen LogP contribution in [0.3, 0.4) is 0 Å². The number of carbonyl (C=O) groups is 2. The minimum absolute atomic E-state index is 0.0295. The van der Waals surface area contributed by atoms with Crippen LogP contribution in [0, 0.1) is 11.6 Å². The molecular weight excluding hydrogens is 352 g/mol. The average Bonchev–Trinajstić information content (AvgIpc) is 3.09. The van der Waals surface area contributed by atoms with E-state index in [1.54, 1.807) is 0 Å². The van der Waals surface area contributed by atoms with Crippen LogP contribution in [0.1, 0.15) is 39.3 Å². The van der Waals surface area contributed by atoms with Gasteiger partial charge < -0.3 is 15.6 Å². The number of hydrogen-bond donors (Lipinski definition) is 3. The van der Waals surface area contributed by atoms with Gasteiger partial charge in [-0.05, 0) is 44.1 Å². The summed E-state index contributed by atoms with van der Waals surface area (Å²) in [6.07, 6.45) is 2.92. The molecule has 1 fully saturated rings. The molecule has 1 aliphatic rings. The highest BCUT2D eigenvalue weighted by Crippen LogP contribution is 2.25. The molecule has 0 aliphatic carbocycles. The van der Waals surface area contributed by atoms with Crippen LogP contribution in [0.5, 0.6) is 0 Å². The Kier molecular flexibility index (Phi) is 5.15. The van der Waals surface area contributed by atoms with Gasteiger partial charge in [-0.2, -0.15) is 0 Å². The molecule has 0 atom stereocenters. The zero-order valence-electron chi connectivity index (χ0n) is 13.2. The maximum absolute atomic E-state index is 13.9. The largest absolute Gasteiger partial charge is 0.356 e. The van der Waals surface area contributed by atoms with E-state index in [4.69, 9.17) is 11.6 Å².